The highest BCUT2D eigenvalue weighted by Gasteiger charge is 2.08. The summed E-state index contributed by atoms with van der Waals surface area (Å²) in [6, 6.07) is 12.8. The molecule has 2 aromatic rings. The predicted molar refractivity (Wildman–Crippen MR) is 81.9 cm³/mol. The molecule has 1 N–H and O–H groups in total. The van der Waals surface area contributed by atoms with Gasteiger partial charge in [-0.3, -0.25) is 9.59 Å². The highest BCUT2D eigenvalue weighted by molar-refractivity contribution is 5.92. The molecule has 0 atom stereocenters. The summed E-state index contributed by atoms with van der Waals surface area (Å²) in [6.45, 7) is 3.67. The summed E-state index contributed by atoms with van der Waals surface area (Å²) in [5.74, 6) is 0.150. The molecule has 0 heterocycles. The second kappa shape index (κ2) is 6.70. The average molecular weight is 283 g/mol. The van der Waals surface area contributed by atoms with E-state index in [9.17, 15) is 9.59 Å². The van der Waals surface area contributed by atoms with Gasteiger partial charge in [0.15, 0.2) is 12.9 Å². The summed E-state index contributed by atoms with van der Waals surface area (Å²) in [5.41, 5.74) is 3.15. The molecular weight excluding hydrogens is 266 g/mol. The molecule has 21 heavy (non-hydrogen) atoms. The molecule has 0 aromatic heterocycles. The molecule has 0 aliphatic heterocycles. The van der Waals surface area contributed by atoms with Crippen LogP contribution >= 0.6 is 0 Å². The third-order valence-corrected chi connectivity index (χ3v) is 3.07. The van der Waals surface area contributed by atoms with Crippen molar-refractivity contribution in [1.29, 1.82) is 0 Å². The Morgan fingerprint density at radius 3 is 2.67 bits per heavy atom. The van der Waals surface area contributed by atoms with Crippen LogP contribution < -0.4 is 10.1 Å². The topological polar surface area (TPSA) is 55.4 Å². The minimum absolute atomic E-state index is 0.141. The van der Waals surface area contributed by atoms with Crippen molar-refractivity contribution in [3.63, 3.8) is 0 Å². The second-order valence-electron chi connectivity index (χ2n) is 4.81. The van der Waals surface area contributed by atoms with Crippen molar-refractivity contribution in [3.8, 4) is 5.75 Å². The molecule has 1 amide bonds. The Kier molecular flexibility index (Phi) is 4.72. The molecule has 4 nitrogen and oxygen atoms in total. The van der Waals surface area contributed by atoms with Gasteiger partial charge in [-0.15, -0.1) is 0 Å². The zero-order chi connectivity index (χ0) is 15.2. The van der Waals surface area contributed by atoms with Crippen LogP contribution in [0.15, 0.2) is 42.5 Å². The molecule has 0 spiro atoms. The standard InChI is InChI=1S/C17H17NO3/c1-12-7-8-16(14(9-12)10-19)21-11-17(20)18-15-6-4-3-5-13(15)2/h3-10H,11H2,1-2H3,(H,18,20). The third-order valence-electron chi connectivity index (χ3n) is 3.07. The van der Waals surface area contributed by atoms with E-state index in [1.54, 1.807) is 12.1 Å². The van der Waals surface area contributed by atoms with Gasteiger partial charge in [0.25, 0.3) is 5.91 Å². The van der Waals surface area contributed by atoms with Gasteiger partial charge >= 0.3 is 0 Å². The molecule has 0 aliphatic rings. The maximum absolute atomic E-state index is 11.9. The first kappa shape index (κ1) is 14.8. The lowest BCUT2D eigenvalue weighted by Crippen LogP contribution is -2.21. The molecule has 0 fully saturated rings. The van der Waals surface area contributed by atoms with Crippen molar-refractivity contribution < 1.29 is 14.3 Å². The molecule has 0 saturated carbocycles. The van der Waals surface area contributed by atoms with Gasteiger partial charge in [-0.25, -0.2) is 0 Å². The third kappa shape index (κ3) is 3.92. The number of ether oxygens (including phenoxy) is 1. The van der Waals surface area contributed by atoms with Crippen LogP contribution in [0.5, 0.6) is 5.75 Å². The molecule has 108 valence electrons. The Labute approximate surface area is 123 Å². The first-order valence-corrected chi connectivity index (χ1v) is 6.64. The number of carbonyl (C=O) groups is 2. The zero-order valence-corrected chi connectivity index (χ0v) is 12.1. The van der Waals surface area contributed by atoms with Gasteiger partial charge in [0.1, 0.15) is 5.75 Å². The first-order valence-electron chi connectivity index (χ1n) is 6.64. The predicted octanol–water partition coefficient (Wildman–Crippen LogP) is 3.13. The molecule has 2 rings (SSSR count). The maximum Gasteiger partial charge on any atom is 0.262 e. The van der Waals surface area contributed by atoms with E-state index in [1.165, 1.54) is 0 Å². The maximum atomic E-state index is 11.9. The van der Waals surface area contributed by atoms with Gasteiger partial charge in [-0.2, -0.15) is 0 Å². The van der Waals surface area contributed by atoms with E-state index in [2.05, 4.69) is 5.32 Å². The minimum atomic E-state index is -0.262. The molecule has 0 unspecified atom stereocenters. The fraction of sp³-hybridized carbons (Fsp3) is 0.176. The largest absolute Gasteiger partial charge is 0.483 e. The highest BCUT2D eigenvalue weighted by atomic mass is 16.5. The van der Waals surface area contributed by atoms with Crippen molar-refractivity contribution in [1.82, 2.24) is 0 Å². The molecule has 0 aliphatic carbocycles. The number of nitrogens with one attached hydrogen (secondary N) is 1. The van der Waals surface area contributed by atoms with Crippen LogP contribution in [-0.4, -0.2) is 18.8 Å². The van der Waals surface area contributed by atoms with Gasteiger partial charge in [0, 0.05) is 5.69 Å². The Hall–Kier alpha value is -2.62. The monoisotopic (exact) mass is 283 g/mol. The molecular formula is C17H17NO3. The summed E-state index contributed by atoms with van der Waals surface area (Å²) in [4.78, 5) is 22.9. The number of hydrogen-bond acceptors (Lipinski definition) is 3. The molecule has 2 aromatic carbocycles. The highest BCUT2D eigenvalue weighted by Crippen LogP contribution is 2.18. The van der Waals surface area contributed by atoms with Gasteiger partial charge in [0.05, 0.1) is 5.56 Å². The van der Waals surface area contributed by atoms with Gasteiger partial charge in [0.2, 0.25) is 0 Å². The Balaban J connectivity index is 1.99. The van der Waals surface area contributed by atoms with Crippen LogP contribution in [0.2, 0.25) is 0 Å². The number of anilines is 1. The lowest BCUT2D eigenvalue weighted by atomic mass is 10.1. The molecule has 4 heteroatoms. The van der Waals surface area contributed by atoms with Crippen LogP contribution in [0.1, 0.15) is 21.5 Å². The summed E-state index contributed by atoms with van der Waals surface area (Å²) in [6.07, 6.45) is 0.724. The van der Waals surface area contributed by atoms with Crippen LogP contribution in [0.3, 0.4) is 0 Å². The summed E-state index contributed by atoms with van der Waals surface area (Å²) < 4.78 is 5.41. The Morgan fingerprint density at radius 2 is 1.95 bits per heavy atom. The van der Waals surface area contributed by atoms with Gasteiger partial charge in [-0.05, 0) is 37.6 Å². The summed E-state index contributed by atoms with van der Waals surface area (Å²) in [5, 5.41) is 2.78. The number of carbonyl (C=O) groups excluding carboxylic acids is 2. The fourth-order valence-corrected chi connectivity index (χ4v) is 1.93. The number of aryl methyl sites for hydroxylation is 2. The van der Waals surface area contributed by atoms with Crippen molar-refractivity contribution in [3.05, 3.63) is 59.2 Å². The lowest BCUT2D eigenvalue weighted by Gasteiger charge is -2.10. The quantitative estimate of drug-likeness (QED) is 0.858. The zero-order valence-electron chi connectivity index (χ0n) is 12.1. The normalized spacial score (nSPS) is 10.0. The van der Waals surface area contributed by atoms with Crippen LogP contribution in [0, 0.1) is 13.8 Å². The SMILES string of the molecule is Cc1ccc(OCC(=O)Nc2ccccc2C)c(C=O)c1. The van der Waals surface area contributed by atoms with Crippen molar-refractivity contribution >= 4 is 17.9 Å². The average Bonchev–Trinajstić information content (AvgIpc) is 2.48. The second-order valence-corrected chi connectivity index (χ2v) is 4.81. The molecule has 0 bridgehead atoms. The van der Waals surface area contributed by atoms with E-state index in [1.807, 2.05) is 44.2 Å². The van der Waals surface area contributed by atoms with E-state index in [4.69, 9.17) is 4.74 Å². The number of aldehydes is 1. The Bertz CT molecular complexity index is 665. The van der Waals surface area contributed by atoms with E-state index in [-0.39, 0.29) is 12.5 Å². The number of amides is 1. The van der Waals surface area contributed by atoms with Gasteiger partial charge in [-0.1, -0.05) is 29.8 Å². The summed E-state index contributed by atoms with van der Waals surface area (Å²) in [7, 11) is 0. The fourth-order valence-electron chi connectivity index (χ4n) is 1.93. The first-order chi connectivity index (χ1) is 10.1. The van der Waals surface area contributed by atoms with Crippen molar-refractivity contribution in [2.75, 3.05) is 11.9 Å². The van der Waals surface area contributed by atoms with Crippen LogP contribution in [0.4, 0.5) is 5.69 Å². The molecule has 0 radical (unpaired) electrons. The van der Waals surface area contributed by atoms with E-state index < -0.39 is 0 Å². The van der Waals surface area contributed by atoms with Crippen molar-refractivity contribution in [2.45, 2.75) is 13.8 Å². The number of benzene rings is 2. The van der Waals surface area contributed by atoms with Crippen molar-refractivity contribution in [2.24, 2.45) is 0 Å². The van der Waals surface area contributed by atoms with E-state index in [0.29, 0.717) is 11.3 Å². The van der Waals surface area contributed by atoms with E-state index >= 15 is 0 Å². The summed E-state index contributed by atoms with van der Waals surface area (Å²) >= 11 is 0. The minimum Gasteiger partial charge on any atom is -0.483 e. The van der Waals surface area contributed by atoms with Crippen LogP contribution in [0.25, 0.3) is 0 Å². The number of hydrogen-bond donors (Lipinski definition) is 1. The van der Waals surface area contributed by atoms with E-state index in [0.717, 1.165) is 23.1 Å². The molecule has 0 saturated heterocycles. The number of para-hydroxylation sites is 1. The van der Waals surface area contributed by atoms with Crippen LogP contribution in [-0.2, 0) is 4.79 Å². The lowest BCUT2D eigenvalue weighted by molar-refractivity contribution is -0.118. The van der Waals surface area contributed by atoms with Gasteiger partial charge < -0.3 is 10.1 Å². The smallest absolute Gasteiger partial charge is 0.262 e. The Morgan fingerprint density at radius 1 is 1.19 bits per heavy atom. The number of rotatable bonds is 5.